The fourth-order valence-electron chi connectivity index (χ4n) is 3.30. The lowest BCUT2D eigenvalue weighted by Crippen LogP contribution is -2.42. The van der Waals surface area contributed by atoms with Crippen molar-refractivity contribution < 1.29 is 8.42 Å². The summed E-state index contributed by atoms with van der Waals surface area (Å²) < 4.78 is 26.6. The minimum atomic E-state index is -3.66. The Morgan fingerprint density at radius 3 is 2.32 bits per heavy atom. The number of benzene rings is 1. The maximum absolute atomic E-state index is 12.7. The second-order valence-corrected chi connectivity index (χ2v) is 7.82. The van der Waals surface area contributed by atoms with E-state index in [-0.39, 0.29) is 10.9 Å². The topological polar surface area (TPSA) is 90.5 Å². The van der Waals surface area contributed by atoms with Crippen molar-refractivity contribution in [1.82, 2.24) is 9.21 Å². The maximum atomic E-state index is 12.7. The fraction of sp³-hybridized carbons (Fsp3) is 0.533. The van der Waals surface area contributed by atoms with E-state index in [4.69, 9.17) is 11.1 Å². The molecule has 0 unspecified atom stereocenters. The molecule has 3 rings (SSSR count). The molecule has 1 aromatic rings. The van der Waals surface area contributed by atoms with Gasteiger partial charge in [-0.1, -0.05) is 19.3 Å². The Labute approximate surface area is 131 Å². The summed E-state index contributed by atoms with van der Waals surface area (Å²) in [5.74, 6) is 0.115. The molecule has 0 spiro atoms. The van der Waals surface area contributed by atoms with E-state index < -0.39 is 10.0 Å². The molecule has 1 heterocycles. The first-order valence-corrected chi connectivity index (χ1v) is 9.17. The molecule has 0 atom stereocenters. The average molecular weight is 322 g/mol. The largest absolute Gasteiger partial charge is 0.399 e. The number of rotatable bonds is 3. The van der Waals surface area contributed by atoms with Crippen molar-refractivity contribution in [3.8, 4) is 0 Å². The zero-order valence-electron chi connectivity index (χ0n) is 12.5. The summed E-state index contributed by atoms with van der Waals surface area (Å²) in [4.78, 5) is 2.14. The summed E-state index contributed by atoms with van der Waals surface area (Å²) in [5, 5.41) is 8.29. The third-order valence-electron chi connectivity index (χ3n) is 4.54. The van der Waals surface area contributed by atoms with Crippen molar-refractivity contribution in [3.05, 3.63) is 24.3 Å². The molecule has 2 fully saturated rings. The predicted octanol–water partition coefficient (Wildman–Crippen LogP) is 1.84. The number of anilines is 1. The smallest absolute Gasteiger partial charge is 0.266 e. The van der Waals surface area contributed by atoms with Crippen LogP contribution in [0.2, 0.25) is 0 Å². The molecular formula is C15H22N4O2S. The highest BCUT2D eigenvalue weighted by Crippen LogP contribution is 2.28. The SMILES string of the molecule is N=C1N(C2CCCCC2)CCN1S(=O)(=O)c1ccc(N)cc1. The molecular weight excluding hydrogens is 300 g/mol. The van der Waals surface area contributed by atoms with Crippen LogP contribution in [0.5, 0.6) is 0 Å². The quantitative estimate of drug-likeness (QED) is 0.831. The Bertz CT molecular complexity index is 651. The first-order chi connectivity index (χ1) is 10.5. The van der Waals surface area contributed by atoms with Crippen LogP contribution in [0.1, 0.15) is 32.1 Å². The average Bonchev–Trinajstić information content (AvgIpc) is 2.91. The highest BCUT2D eigenvalue weighted by molar-refractivity contribution is 7.89. The number of sulfonamides is 1. The molecule has 120 valence electrons. The summed E-state index contributed by atoms with van der Waals surface area (Å²) in [5.41, 5.74) is 6.14. The van der Waals surface area contributed by atoms with Gasteiger partial charge in [-0.25, -0.2) is 12.7 Å². The van der Waals surface area contributed by atoms with Crippen molar-refractivity contribution in [2.45, 2.75) is 43.0 Å². The van der Waals surface area contributed by atoms with Crippen LogP contribution < -0.4 is 5.73 Å². The van der Waals surface area contributed by atoms with Crippen LogP contribution in [-0.2, 0) is 10.0 Å². The van der Waals surface area contributed by atoms with E-state index in [2.05, 4.69) is 0 Å². The molecule has 22 heavy (non-hydrogen) atoms. The summed E-state index contributed by atoms with van der Waals surface area (Å²) in [7, 11) is -3.66. The number of nitrogens with zero attached hydrogens (tertiary/aromatic N) is 2. The van der Waals surface area contributed by atoms with Gasteiger partial charge in [-0.2, -0.15) is 0 Å². The molecule has 0 aromatic heterocycles. The van der Waals surface area contributed by atoms with Crippen molar-refractivity contribution in [2.75, 3.05) is 18.8 Å². The Kier molecular flexibility index (Phi) is 3.99. The number of guanidine groups is 1. The second kappa shape index (κ2) is 5.79. The van der Waals surface area contributed by atoms with Gasteiger partial charge in [0.25, 0.3) is 10.0 Å². The molecule has 7 heteroatoms. The van der Waals surface area contributed by atoms with E-state index in [0.717, 1.165) is 12.8 Å². The van der Waals surface area contributed by atoms with Crippen LogP contribution in [0.15, 0.2) is 29.2 Å². The van der Waals surface area contributed by atoms with Gasteiger partial charge >= 0.3 is 0 Å². The lowest BCUT2D eigenvalue weighted by molar-refractivity contribution is 0.260. The van der Waals surface area contributed by atoms with Crippen LogP contribution in [0.25, 0.3) is 0 Å². The predicted molar refractivity (Wildman–Crippen MR) is 86.1 cm³/mol. The van der Waals surface area contributed by atoms with Gasteiger partial charge in [0.05, 0.1) is 11.4 Å². The number of hydrogen-bond donors (Lipinski definition) is 2. The Morgan fingerprint density at radius 1 is 1.05 bits per heavy atom. The molecule has 1 saturated carbocycles. The number of hydrogen-bond acceptors (Lipinski definition) is 4. The van der Waals surface area contributed by atoms with E-state index in [0.29, 0.717) is 24.8 Å². The van der Waals surface area contributed by atoms with Gasteiger partial charge in [0, 0.05) is 18.3 Å². The molecule has 6 nitrogen and oxygen atoms in total. The highest BCUT2D eigenvalue weighted by atomic mass is 32.2. The molecule has 2 aliphatic rings. The standard InChI is InChI=1S/C15H22N4O2S/c16-12-6-8-14(9-7-12)22(20,21)19-11-10-18(15(19)17)13-4-2-1-3-5-13/h6-9,13,17H,1-5,10-11,16H2. The van der Waals surface area contributed by atoms with Crippen LogP contribution in [-0.4, -0.2) is 42.7 Å². The lowest BCUT2D eigenvalue weighted by atomic mass is 9.94. The molecule has 1 aliphatic carbocycles. The maximum Gasteiger partial charge on any atom is 0.266 e. The Hall–Kier alpha value is -1.76. The molecule has 0 bridgehead atoms. The zero-order valence-corrected chi connectivity index (χ0v) is 13.3. The van der Waals surface area contributed by atoms with Crippen molar-refractivity contribution in [2.24, 2.45) is 0 Å². The fourth-order valence-corrected chi connectivity index (χ4v) is 4.69. The normalized spacial score (nSPS) is 20.6. The Balaban J connectivity index is 1.80. The minimum Gasteiger partial charge on any atom is -0.399 e. The summed E-state index contributed by atoms with van der Waals surface area (Å²) in [6.07, 6.45) is 5.68. The first kappa shape index (κ1) is 15.1. The third kappa shape index (κ3) is 2.65. The van der Waals surface area contributed by atoms with Crippen molar-refractivity contribution >= 4 is 21.7 Å². The van der Waals surface area contributed by atoms with Gasteiger partial charge in [-0.3, -0.25) is 5.41 Å². The van der Waals surface area contributed by atoms with E-state index in [1.54, 1.807) is 12.1 Å². The van der Waals surface area contributed by atoms with Crippen molar-refractivity contribution in [1.29, 1.82) is 5.41 Å². The van der Waals surface area contributed by atoms with Gasteiger partial charge in [0.2, 0.25) is 5.96 Å². The van der Waals surface area contributed by atoms with Crippen molar-refractivity contribution in [3.63, 3.8) is 0 Å². The molecule has 0 radical (unpaired) electrons. The van der Waals surface area contributed by atoms with E-state index in [1.807, 2.05) is 4.90 Å². The van der Waals surface area contributed by atoms with Gasteiger partial charge in [0.15, 0.2) is 0 Å². The first-order valence-electron chi connectivity index (χ1n) is 7.73. The number of nitrogens with two attached hydrogens (primary N) is 1. The van der Waals surface area contributed by atoms with Crippen LogP contribution in [0.3, 0.4) is 0 Å². The second-order valence-electron chi connectivity index (χ2n) is 5.96. The molecule has 0 amide bonds. The van der Waals surface area contributed by atoms with E-state index in [1.165, 1.54) is 35.7 Å². The number of nitrogens with one attached hydrogen (secondary N) is 1. The monoisotopic (exact) mass is 322 g/mol. The minimum absolute atomic E-state index is 0.115. The van der Waals surface area contributed by atoms with Crippen LogP contribution in [0, 0.1) is 5.41 Å². The lowest BCUT2D eigenvalue weighted by Gasteiger charge is -2.32. The Morgan fingerprint density at radius 2 is 1.68 bits per heavy atom. The van der Waals surface area contributed by atoms with Gasteiger partial charge in [0.1, 0.15) is 0 Å². The molecule has 3 N–H and O–H groups in total. The van der Waals surface area contributed by atoms with Gasteiger partial charge in [-0.05, 0) is 37.1 Å². The third-order valence-corrected chi connectivity index (χ3v) is 6.34. The van der Waals surface area contributed by atoms with Gasteiger partial charge in [-0.15, -0.1) is 0 Å². The number of nitrogen functional groups attached to an aromatic ring is 1. The molecule has 1 aromatic carbocycles. The molecule has 1 aliphatic heterocycles. The van der Waals surface area contributed by atoms with Gasteiger partial charge < -0.3 is 10.6 Å². The van der Waals surface area contributed by atoms with E-state index in [9.17, 15) is 8.42 Å². The summed E-state index contributed by atoms with van der Waals surface area (Å²) in [6.45, 7) is 0.958. The van der Waals surface area contributed by atoms with Crippen LogP contribution in [0.4, 0.5) is 5.69 Å². The van der Waals surface area contributed by atoms with E-state index >= 15 is 0 Å². The van der Waals surface area contributed by atoms with Crippen LogP contribution >= 0.6 is 0 Å². The summed E-state index contributed by atoms with van der Waals surface area (Å²) in [6, 6.07) is 6.47. The summed E-state index contributed by atoms with van der Waals surface area (Å²) >= 11 is 0. The highest BCUT2D eigenvalue weighted by Gasteiger charge is 2.38. The zero-order chi connectivity index (χ0) is 15.7. The molecule has 1 saturated heterocycles.